The molecular weight excluding hydrogens is 304 g/mol. The summed E-state index contributed by atoms with van der Waals surface area (Å²) >= 11 is 3.47. The van der Waals surface area contributed by atoms with Gasteiger partial charge in [-0.2, -0.15) is 0 Å². The average Bonchev–Trinajstić information content (AvgIpc) is 2.71. The van der Waals surface area contributed by atoms with Gasteiger partial charge < -0.3 is 9.64 Å². The summed E-state index contributed by atoms with van der Waals surface area (Å²) < 4.78 is 7.18. The van der Waals surface area contributed by atoms with Crippen LogP contribution in [0.1, 0.15) is 26.7 Å². The molecule has 0 aromatic carbocycles. The van der Waals surface area contributed by atoms with E-state index < -0.39 is 0 Å². The molecule has 0 bridgehead atoms. The Labute approximate surface area is 123 Å². The molecule has 2 unspecified atom stereocenters. The fraction of sp³-hybridized carbons (Fsp3) is 0.667. The molecule has 0 spiro atoms. The van der Waals surface area contributed by atoms with Crippen molar-refractivity contribution in [2.24, 2.45) is 17.3 Å². The SMILES string of the molecule is CN(C)c1ncc(Br)cc1OC1CC2C(C1)C2(C)C. The molecule has 0 N–H and O–H groups in total. The molecular formula is C15H21BrN2O. The van der Waals surface area contributed by atoms with E-state index in [1.807, 2.05) is 31.3 Å². The predicted molar refractivity (Wildman–Crippen MR) is 80.7 cm³/mol. The fourth-order valence-corrected chi connectivity index (χ4v) is 3.88. The highest BCUT2D eigenvalue weighted by Crippen LogP contribution is 2.67. The maximum absolute atomic E-state index is 6.21. The molecule has 4 heteroatoms. The molecule has 2 aliphatic carbocycles. The Morgan fingerprint density at radius 2 is 1.95 bits per heavy atom. The van der Waals surface area contributed by atoms with Crippen molar-refractivity contribution in [3.8, 4) is 5.75 Å². The van der Waals surface area contributed by atoms with Crippen LogP contribution >= 0.6 is 15.9 Å². The van der Waals surface area contributed by atoms with Crippen LogP contribution in [0.25, 0.3) is 0 Å². The normalized spacial score (nSPS) is 30.9. The lowest BCUT2D eigenvalue weighted by molar-refractivity contribution is 0.175. The van der Waals surface area contributed by atoms with Crippen molar-refractivity contribution in [2.45, 2.75) is 32.8 Å². The van der Waals surface area contributed by atoms with Crippen molar-refractivity contribution >= 4 is 21.7 Å². The van der Waals surface area contributed by atoms with Crippen molar-refractivity contribution in [3.63, 3.8) is 0 Å². The number of pyridine rings is 1. The minimum Gasteiger partial charge on any atom is -0.486 e. The first kappa shape index (κ1) is 13.2. The topological polar surface area (TPSA) is 25.4 Å². The fourth-order valence-electron chi connectivity index (χ4n) is 3.57. The molecule has 1 aromatic heterocycles. The number of hydrogen-bond acceptors (Lipinski definition) is 3. The second-order valence-electron chi connectivity index (χ2n) is 6.62. The predicted octanol–water partition coefficient (Wildman–Crippen LogP) is 3.72. The van der Waals surface area contributed by atoms with Gasteiger partial charge in [0.2, 0.25) is 0 Å². The van der Waals surface area contributed by atoms with Crippen LogP contribution in [0.5, 0.6) is 5.75 Å². The highest BCUT2D eigenvalue weighted by atomic mass is 79.9. The zero-order chi connectivity index (χ0) is 13.8. The molecule has 2 aliphatic rings. The van der Waals surface area contributed by atoms with Gasteiger partial charge in [0.05, 0.1) is 6.10 Å². The Balaban J connectivity index is 1.73. The number of fused-ring (bicyclic) bond motifs is 1. The second kappa shape index (κ2) is 4.37. The van der Waals surface area contributed by atoms with Crippen LogP contribution < -0.4 is 9.64 Å². The number of aromatic nitrogens is 1. The van der Waals surface area contributed by atoms with Crippen LogP contribution in [-0.2, 0) is 0 Å². The molecule has 19 heavy (non-hydrogen) atoms. The molecule has 3 nitrogen and oxygen atoms in total. The number of rotatable bonds is 3. The average molecular weight is 325 g/mol. The number of nitrogens with zero attached hydrogens (tertiary/aromatic N) is 2. The lowest BCUT2D eigenvalue weighted by Gasteiger charge is -2.22. The largest absolute Gasteiger partial charge is 0.486 e. The van der Waals surface area contributed by atoms with Gasteiger partial charge in [-0.15, -0.1) is 0 Å². The monoisotopic (exact) mass is 324 g/mol. The van der Waals surface area contributed by atoms with Gasteiger partial charge in [-0.25, -0.2) is 4.98 Å². The molecule has 0 aliphatic heterocycles. The van der Waals surface area contributed by atoms with E-state index in [2.05, 4.69) is 34.8 Å². The van der Waals surface area contributed by atoms with E-state index in [0.717, 1.165) is 27.9 Å². The third kappa shape index (κ3) is 2.24. The summed E-state index contributed by atoms with van der Waals surface area (Å²) in [7, 11) is 4.00. The summed E-state index contributed by atoms with van der Waals surface area (Å²) in [5.74, 6) is 3.52. The summed E-state index contributed by atoms with van der Waals surface area (Å²) in [6, 6.07) is 2.03. The quantitative estimate of drug-likeness (QED) is 0.847. The molecule has 1 aromatic rings. The van der Waals surface area contributed by atoms with Gasteiger partial charge in [0.1, 0.15) is 0 Å². The molecule has 0 saturated heterocycles. The van der Waals surface area contributed by atoms with E-state index in [9.17, 15) is 0 Å². The summed E-state index contributed by atoms with van der Waals surface area (Å²) in [6.07, 6.45) is 4.56. The number of anilines is 1. The van der Waals surface area contributed by atoms with Crippen LogP contribution in [0.2, 0.25) is 0 Å². The Morgan fingerprint density at radius 1 is 1.32 bits per heavy atom. The van der Waals surface area contributed by atoms with Crippen LogP contribution in [0.15, 0.2) is 16.7 Å². The molecule has 2 saturated carbocycles. The van der Waals surface area contributed by atoms with Crippen LogP contribution in [0.4, 0.5) is 5.82 Å². The van der Waals surface area contributed by atoms with Crippen molar-refractivity contribution in [1.29, 1.82) is 0 Å². The molecule has 104 valence electrons. The van der Waals surface area contributed by atoms with E-state index in [-0.39, 0.29) is 0 Å². The van der Waals surface area contributed by atoms with Crippen LogP contribution in [0, 0.1) is 17.3 Å². The van der Waals surface area contributed by atoms with Gasteiger partial charge in [-0.3, -0.25) is 0 Å². The molecule has 2 fully saturated rings. The standard InChI is InChI=1S/C15H21BrN2O/c1-15(2)11-6-10(7-12(11)15)19-13-5-9(16)8-17-14(13)18(3)4/h5,8,10-12H,6-7H2,1-4H3. The zero-order valence-electron chi connectivity index (χ0n) is 12.0. The lowest BCUT2D eigenvalue weighted by atomic mass is 9.99. The Bertz CT molecular complexity index is 487. The van der Waals surface area contributed by atoms with Crippen molar-refractivity contribution in [1.82, 2.24) is 4.98 Å². The third-order valence-corrected chi connectivity index (χ3v) is 5.27. The summed E-state index contributed by atoms with van der Waals surface area (Å²) in [4.78, 5) is 6.43. The summed E-state index contributed by atoms with van der Waals surface area (Å²) in [5.41, 5.74) is 0.555. The highest BCUT2D eigenvalue weighted by molar-refractivity contribution is 9.10. The summed E-state index contributed by atoms with van der Waals surface area (Å²) in [6.45, 7) is 4.76. The van der Waals surface area contributed by atoms with E-state index in [1.54, 1.807) is 0 Å². The molecule has 2 atom stereocenters. The lowest BCUT2D eigenvalue weighted by Crippen LogP contribution is -2.20. The van der Waals surface area contributed by atoms with E-state index >= 15 is 0 Å². The van der Waals surface area contributed by atoms with E-state index in [0.29, 0.717) is 11.5 Å². The van der Waals surface area contributed by atoms with Crippen LogP contribution in [0.3, 0.4) is 0 Å². The van der Waals surface area contributed by atoms with E-state index in [1.165, 1.54) is 12.8 Å². The number of ether oxygens (including phenoxy) is 1. The first-order chi connectivity index (χ1) is 8.89. The van der Waals surface area contributed by atoms with Crippen molar-refractivity contribution < 1.29 is 4.74 Å². The summed E-state index contributed by atoms with van der Waals surface area (Å²) in [5, 5.41) is 0. The van der Waals surface area contributed by atoms with Gasteiger partial charge in [0.15, 0.2) is 11.6 Å². The smallest absolute Gasteiger partial charge is 0.170 e. The number of hydrogen-bond donors (Lipinski definition) is 0. The Hall–Kier alpha value is -0.770. The highest BCUT2D eigenvalue weighted by Gasteiger charge is 2.62. The third-order valence-electron chi connectivity index (χ3n) is 4.84. The minimum atomic E-state index is 0.359. The number of halogens is 1. The molecule has 3 rings (SSSR count). The van der Waals surface area contributed by atoms with Crippen molar-refractivity contribution in [3.05, 3.63) is 16.7 Å². The van der Waals surface area contributed by atoms with Gasteiger partial charge in [0, 0.05) is 24.8 Å². The second-order valence-corrected chi connectivity index (χ2v) is 7.53. The Kier molecular flexibility index (Phi) is 3.04. The minimum absolute atomic E-state index is 0.359. The van der Waals surface area contributed by atoms with Crippen molar-refractivity contribution in [2.75, 3.05) is 19.0 Å². The first-order valence-corrected chi connectivity index (χ1v) is 7.68. The van der Waals surface area contributed by atoms with Gasteiger partial charge in [-0.05, 0) is 52.1 Å². The molecule has 0 radical (unpaired) electrons. The maximum atomic E-state index is 6.21. The van der Waals surface area contributed by atoms with Gasteiger partial charge in [0.25, 0.3) is 0 Å². The van der Waals surface area contributed by atoms with Gasteiger partial charge in [-0.1, -0.05) is 13.8 Å². The molecule has 1 heterocycles. The first-order valence-electron chi connectivity index (χ1n) is 6.89. The van der Waals surface area contributed by atoms with E-state index in [4.69, 9.17) is 4.74 Å². The molecule has 0 amide bonds. The van der Waals surface area contributed by atoms with Gasteiger partial charge >= 0.3 is 0 Å². The maximum Gasteiger partial charge on any atom is 0.170 e. The van der Waals surface area contributed by atoms with Crippen LogP contribution in [-0.4, -0.2) is 25.2 Å². The Morgan fingerprint density at radius 3 is 2.53 bits per heavy atom. The zero-order valence-corrected chi connectivity index (χ0v) is 13.6.